The first-order valence-corrected chi connectivity index (χ1v) is 17.2. The summed E-state index contributed by atoms with van der Waals surface area (Å²) in [5.74, 6) is 1.81. The number of pyridine rings is 1. The highest BCUT2D eigenvalue weighted by molar-refractivity contribution is 6.13. The largest absolute Gasteiger partial charge is 0.456 e. The lowest BCUT2D eigenvalue weighted by molar-refractivity contribution is 0.668. The molecular weight excluding hydrogens is 641 g/mol. The van der Waals surface area contributed by atoms with Gasteiger partial charge in [-0.1, -0.05) is 115 Å². The number of hydrogen-bond donors (Lipinski definition) is 0. The fourth-order valence-electron chi connectivity index (χ4n) is 7.43. The standard InChI is InChI=1S/C46H26N4O2/c1-2-10-27(11-3-1)44-48-45(50-46(49-44)35-15-9-18-38-41(35)34-13-5-7-17-37(34)51-38)32-23-21-28-24-30(22-20-29(28)25-32)33-14-8-19-39-42(33)43-40(52-39)26-31-12-4-6-16-36(31)47-43/h1-26H. The molecule has 7 aromatic carbocycles. The van der Waals surface area contributed by atoms with E-state index in [4.69, 9.17) is 28.8 Å². The summed E-state index contributed by atoms with van der Waals surface area (Å²) in [7, 11) is 0. The van der Waals surface area contributed by atoms with Crippen molar-refractivity contribution in [1.82, 2.24) is 19.9 Å². The van der Waals surface area contributed by atoms with E-state index in [0.29, 0.717) is 17.5 Å². The van der Waals surface area contributed by atoms with E-state index in [2.05, 4.69) is 66.7 Å². The van der Waals surface area contributed by atoms with Gasteiger partial charge in [0, 0.05) is 32.8 Å². The molecule has 0 radical (unpaired) electrons. The van der Waals surface area contributed by atoms with E-state index in [1.54, 1.807) is 0 Å². The predicted octanol–water partition coefficient (Wildman–Crippen LogP) is 12.0. The Morgan fingerprint density at radius 1 is 0.346 bits per heavy atom. The van der Waals surface area contributed by atoms with E-state index < -0.39 is 0 Å². The molecule has 11 rings (SSSR count). The number of furan rings is 2. The number of aromatic nitrogens is 4. The van der Waals surface area contributed by atoms with Crippen LogP contribution in [0.15, 0.2) is 167 Å². The molecule has 0 N–H and O–H groups in total. The number of fused-ring (bicyclic) bond motifs is 8. The predicted molar refractivity (Wildman–Crippen MR) is 209 cm³/mol. The summed E-state index contributed by atoms with van der Waals surface area (Å²) < 4.78 is 12.5. The quantitative estimate of drug-likeness (QED) is 0.186. The van der Waals surface area contributed by atoms with Crippen molar-refractivity contribution < 1.29 is 8.83 Å². The van der Waals surface area contributed by atoms with Crippen LogP contribution in [0, 0.1) is 0 Å². The SMILES string of the molecule is c1ccc(-c2nc(-c3ccc4cc(-c5cccc6oc7cc8ccccc8nc7c56)ccc4c3)nc(-c3cccc4oc5ccccc5c34)n2)cc1. The Balaban J connectivity index is 1.05. The molecule has 0 unspecified atom stereocenters. The topological polar surface area (TPSA) is 77.8 Å². The van der Waals surface area contributed by atoms with Crippen LogP contribution >= 0.6 is 0 Å². The Kier molecular flexibility index (Phi) is 6.15. The Morgan fingerprint density at radius 3 is 1.85 bits per heavy atom. The van der Waals surface area contributed by atoms with E-state index >= 15 is 0 Å². The van der Waals surface area contributed by atoms with E-state index in [9.17, 15) is 0 Å². The second kappa shape index (κ2) is 11.2. The number of nitrogens with zero attached hydrogens (tertiary/aromatic N) is 4. The van der Waals surface area contributed by atoms with Crippen molar-refractivity contribution in [2.75, 3.05) is 0 Å². The summed E-state index contributed by atoms with van der Waals surface area (Å²) in [5, 5.41) is 6.29. The molecule has 242 valence electrons. The van der Waals surface area contributed by atoms with Crippen molar-refractivity contribution in [3.05, 3.63) is 158 Å². The molecule has 0 saturated heterocycles. The first kappa shape index (κ1) is 28.6. The minimum Gasteiger partial charge on any atom is -0.456 e. The second-order valence-corrected chi connectivity index (χ2v) is 13.0. The molecule has 0 aliphatic carbocycles. The Bertz CT molecular complexity index is 3200. The summed E-state index contributed by atoms with van der Waals surface area (Å²) in [5.41, 5.74) is 9.97. The third kappa shape index (κ3) is 4.51. The molecular formula is C46H26N4O2. The number of rotatable bonds is 4. The van der Waals surface area contributed by atoms with E-state index in [1.165, 1.54) is 0 Å². The first-order valence-electron chi connectivity index (χ1n) is 17.2. The monoisotopic (exact) mass is 666 g/mol. The molecule has 11 aromatic rings. The molecule has 0 atom stereocenters. The van der Waals surface area contributed by atoms with Gasteiger partial charge in [0.15, 0.2) is 23.1 Å². The van der Waals surface area contributed by atoms with Gasteiger partial charge in [0.1, 0.15) is 22.3 Å². The fraction of sp³-hybridized carbons (Fsp3) is 0. The zero-order valence-electron chi connectivity index (χ0n) is 27.6. The number of benzene rings is 7. The van der Waals surface area contributed by atoms with Crippen molar-refractivity contribution in [3.8, 4) is 45.3 Å². The van der Waals surface area contributed by atoms with Crippen LogP contribution in [0.3, 0.4) is 0 Å². The van der Waals surface area contributed by atoms with Crippen molar-refractivity contribution in [3.63, 3.8) is 0 Å². The second-order valence-electron chi connectivity index (χ2n) is 13.0. The molecule has 52 heavy (non-hydrogen) atoms. The maximum Gasteiger partial charge on any atom is 0.164 e. The molecule has 6 nitrogen and oxygen atoms in total. The fourth-order valence-corrected chi connectivity index (χ4v) is 7.43. The molecule has 4 heterocycles. The summed E-state index contributed by atoms with van der Waals surface area (Å²) in [4.78, 5) is 20.2. The molecule has 0 fully saturated rings. The zero-order valence-corrected chi connectivity index (χ0v) is 27.6. The maximum atomic E-state index is 6.31. The van der Waals surface area contributed by atoms with Crippen molar-refractivity contribution in [2.45, 2.75) is 0 Å². The van der Waals surface area contributed by atoms with Crippen LogP contribution in [0.2, 0.25) is 0 Å². The molecule has 0 aliphatic rings. The van der Waals surface area contributed by atoms with Gasteiger partial charge in [-0.15, -0.1) is 0 Å². The molecule has 0 bridgehead atoms. The normalized spacial score (nSPS) is 11.8. The zero-order chi connectivity index (χ0) is 34.2. The Labute approximate surface area is 296 Å². The third-order valence-corrected chi connectivity index (χ3v) is 9.89. The van der Waals surface area contributed by atoms with Crippen LogP contribution in [0.25, 0.3) is 111 Å². The highest BCUT2D eigenvalue weighted by atomic mass is 16.3. The molecule has 0 saturated carbocycles. The third-order valence-electron chi connectivity index (χ3n) is 9.89. The summed E-state index contributed by atoms with van der Waals surface area (Å²) >= 11 is 0. The van der Waals surface area contributed by atoms with Crippen molar-refractivity contribution >= 4 is 65.7 Å². The summed E-state index contributed by atoms with van der Waals surface area (Å²) in [6.07, 6.45) is 0. The van der Waals surface area contributed by atoms with Crippen LogP contribution in [0.1, 0.15) is 0 Å². The van der Waals surface area contributed by atoms with Gasteiger partial charge in [-0.2, -0.15) is 0 Å². The van der Waals surface area contributed by atoms with Gasteiger partial charge >= 0.3 is 0 Å². The summed E-state index contributed by atoms with van der Waals surface area (Å²) in [6.45, 7) is 0. The minimum absolute atomic E-state index is 0.596. The Morgan fingerprint density at radius 2 is 0.981 bits per heavy atom. The van der Waals surface area contributed by atoms with Gasteiger partial charge in [-0.25, -0.2) is 19.9 Å². The highest BCUT2D eigenvalue weighted by Gasteiger charge is 2.19. The molecule has 4 aromatic heterocycles. The highest BCUT2D eigenvalue weighted by Crippen LogP contribution is 2.39. The number of hydrogen-bond acceptors (Lipinski definition) is 6. The molecule has 6 heteroatoms. The average Bonchev–Trinajstić information content (AvgIpc) is 3.77. The maximum absolute atomic E-state index is 6.31. The van der Waals surface area contributed by atoms with Crippen molar-refractivity contribution in [1.29, 1.82) is 0 Å². The van der Waals surface area contributed by atoms with Gasteiger partial charge in [-0.3, -0.25) is 0 Å². The van der Waals surface area contributed by atoms with Crippen LogP contribution < -0.4 is 0 Å². The van der Waals surface area contributed by atoms with Gasteiger partial charge in [0.25, 0.3) is 0 Å². The molecule has 0 aliphatic heterocycles. The van der Waals surface area contributed by atoms with Crippen LogP contribution in [-0.4, -0.2) is 19.9 Å². The van der Waals surface area contributed by atoms with Gasteiger partial charge < -0.3 is 8.83 Å². The lowest BCUT2D eigenvalue weighted by Crippen LogP contribution is -2.00. The van der Waals surface area contributed by atoms with E-state index in [0.717, 1.165) is 93.5 Å². The van der Waals surface area contributed by atoms with Crippen molar-refractivity contribution in [2.24, 2.45) is 0 Å². The Hall–Kier alpha value is -7.18. The summed E-state index contributed by atoms with van der Waals surface area (Å²) in [6, 6.07) is 53.6. The van der Waals surface area contributed by atoms with Crippen LogP contribution in [0.4, 0.5) is 0 Å². The molecule has 0 spiro atoms. The smallest absolute Gasteiger partial charge is 0.164 e. The van der Waals surface area contributed by atoms with E-state index in [-0.39, 0.29) is 0 Å². The first-order chi connectivity index (χ1) is 25.7. The lowest BCUT2D eigenvalue weighted by atomic mass is 9.97. The van der Waals surface area contributed by atoms with Gasteiger partial charge in [0.2, 0.25) is 0 Å². The molecule has 0 amide bonds. The van der Waals surface area contributed by atoms with Crippen LogP contribution in [0.5, 0.6) is 0 Å². The van der Waals surface area contributed by atoms with Gasteiger partial charge in [-0.05, 0) is 64.4 Å². The minimum atomic E-state index is 0.596. The van der Waals surface area contributed by atoms with E-state index in [1.807, 2.05) is 91.0 Å². The van der Waals surface area contributed by atoms with Crippen LogP contribution in [-0.2, 0) is 0 Å². The average molecular weight is 667 g/mol. The van der Waals surface area contributed by atoms with Gasteiger partial charge in [0.05, 0.1) is 10.9 Å². The lowest BCUT2D eigenvalue weighted by Gasteiger charge is -2.10. The number of para-hydroxylation sites is 2.